The van der Waals surface area contributed by atoms with Crippen LogP contribution in [0.3, 0.4) is 0 Å². The number of hydrogen-bond donors (Lipinski definition) is 1. The summed E-state index contributed by atoms with van der Waals surface area (Å²) in [5, 5.41) is 4.23. The monoisotopic (exact) mass is 351 g/mol. The van der Waals surface area contributed by atoms with Gasteiger partial charge < -0.3 is 10.1 Å². The van der Waals surface area contributed by atoms with E-state index in [0.29, 0.717) is 10.7 Å². The SMILES string of the molecule is COC1=C(C(=O)Nc2ccccn2)N(C)S(=O)(=O)c2ccsc21. The third-order valence-electron chi connectivity index (χ3n) is 3.33. The zero-order valence-corrected chi connectivity index (χ0v) is 13.9. The topological polar surface area (TPSA) is 88.6 Å². The minimum absolute atomic E-state index is 0.0758. The maximum atomic E-state index is 12.6. The van der Waals surface area contributed by atoms with Gasteiger partial charge in [0.15, 0.2) is 11.5 Å². The molecule has 9 heteroatoms. The number of pyridine rings is 1. The molecule has 2 aromatic rings. The van der Waals surface area contributed by atoms with Gasteiger partial charge in [-0.3, -0.25) is 9.10 Å². The Morgan fingerprint density at radius 2 is 2.13 bits per heavy atom. The molecule has 3 heterocycles. The number of thiophene rings is 1. The lowest BCUT2D eigenvalue weighted by atomic mass is 10.2. The van der Waals surface area contributed by atoms with Gasteiger partial charge in [0.1, 0.15) is 10.7 Å². The van der Waals surface area contributed by atoms with Crippen LogP contribution in [0.4, 0.5) is 5.82 Å². The van der Waals surface area contributed by atoms with Gasteiger partial charge in [0.2, 0.25) is 0 Å². The Morgan fingerprint density at radius 1 is 1.35 bits per heavy atom. The lowest BCUT2D eigenvalue weighted by Crippen LogP contribution is -2.37. The van der Waals surface area contributed by atoms with Crippen molar-refractivity contribution in [3.8, 4) is 0 Å². The first-order valence-electron chi connectivity index (χ1n) is 6.54. The van der Waals surface area contributed by atoms with Gasteiger partial charge in [-0.15, -0.1) is 11.3 Å². The van der Waals surface area contributed by atoms with Crippen LogP contribution in [0, 0.1) is 0 Å². The van der Waals surface area contributed by atoms with Crippen molar-refractivity contribution in [2.24, 2.45) is 0 Å². The molecule has 120 valence electrons. The first kappa shape index (κ1) is 15.5. The Labute approximate surface area is 137 Å². The number of carbonyl (C=O) groups excluding carboxylic acids is 1. The summed E-state index contributed by atoms with van der Waals surface area (Å²) in [5.74, 6) is -0.0605. The number of ether oxygens (including phenoxy) is 1. The van der Waals surface area contributed by atoms with Gasteiger partial charge in [0.25, 0.3) is 15.9 Å². The zero-order chi connectivity index (χ0) is 16.6. The highest BCUT2D eigenvalue weighted by atomic mass is 32.2. The highest BCUT2D eigenvalue weighted by molar-refractivity contribution is 7.89. The van der Waals surface area contributed by atoms with E-state index in [1.807, 2.05) is 0 Å². The molecule has 0 fully saturated rings. The smallest absolute Gasteiger partial charge is 0.278 e. The molecule has 1 amide bonds. The van der Waals surface area contributed by atoms with Gasteiger partial charge in [0.05, 0.1) is 12.0 Å². The van der Waals surface area contributed by atoms with Crippen molar-refractivity contribution in [3.63, 3.8) is 0 Å². The molecule has 3 rings (SSSR count). The molecule has 0 unspecified atom stereocenters. The van der Waals surface area contributed by atoms with Crippen LogP contribution < -0.4 is 5.32 Å². The molecule has 0 atom stereocenters. The second-order valence-corrected chi connectivity index (χ2v) is 7.49. The van der Waals surface area contributed by atoms with Gasteiger partial charge in [0, 0.05) is 13.2 Å². The number of methoxy groups -OCH3 is 1. The number of hydrogen-bond acceptors (Lipinski definition) is 6. The number of nitrogens with one attached hydrogen (secondary N) is 1. The maximum absolute atomic E-state index is 12.6. The number of aromatic nitrogens is 1. The Balaban J connectivity index is 2.10. The van der Waals surface area contributed by atoms with E-state index in [-0.39, 0.29) is 16.4 Å². The minimum atomic E-state index is -3.78. The summed E-state index contributed by atoms with van der Waals surface area (Å²) >= 11 is 1.21. The largest absolute Gasteiger partial charge is 0.493 e. The lowest BCUT2D eigenvalue weighted by molar-refractivity contribution is -0.113. The predicted octanol–water partition coefficient (Wildman–Crippen LogP) is 1.73. The summed E-state index contributed by atoms with van der Waals surface area (Å²) in [6.07, 6.45) is 1.53. The van der Waals surface area contributed by atoms with Gasteiger partial charge in [-0.2, -0.15) is 0 Å². The number of amides is 1. The molecule has 1 aliphatic heterocycles. The van der Waals surface area contributed by atoms with E-state index < -0.39 is 15.9 Å². The fraction of sp³-hybridized carbons (Fsp3) is 0.143. The van der Waals surface area contributed by atoms with E-state index >= 15 is 0 Å². The summed E-state index contributed by atoms with van der Waals surface area (Å²) in [6.45, 7) is 0. The molecule has 0 saturated carbocycles. The Kier molecular flexibility index (Phi) is 3.82. The fourth-order valence-corrected chi connectivity index (χ4v) is 4.86. The van der Waals surface area contributed by atoms with E-state index in [1.54, 1.807) is 23.6 Å². The third kappa shape index (κ3) is 2.47. The van der Waals surface area contributed by atoms with E-state index in [0.717, 1.165) is 4.31 Å². The number of likely N-dealkylation sites (N-methyl/N-ethyl adjacent to an activating group) is 1. The van der Waals surface area contributed by atoms with Crippen LogP contribution in [-0.2, 0) is 19.6 Å². The summed E-state index contributed by atoms with van der Waals surface area (Å²) in [7, 11) is -1.06. The number of sulfonamides is 1. The first-order valence-corrected chi connectivity index (χ1v) is 8.86. The molecule has 2 aromatic heterocycles. The van der Waals surface area contributed by atoms with Gasteiger partial charge in [-0.25, -0.2) is 13.4 Å². The Bertz CT molecular complexity index is 888. The number of rotatable bonds is 3. The molecule has 1 aliphatic rings. The van der Waals surface area contributed by atoms with Crippen LogP contribution in [0.5, 0.6) is 0 Å². The van der Waals surface area contributed by atoms with Crippen molar-refractivity contribution in [1.82, 2.24) is 9.29 Å². The van der Waals surface area contributed by atoms with Gasteiger partial charge in [-0.05, 0) is 23.6 Å². The molecule has 0 spiro atoms. The Morgan fingerprint density at radius 3 is 2.78 bits per heavy atom. The summed E-state index contributed by atoms with van der Waals surface area (Å²) in [5.41, 5.74) is -0.0758. The number of fused-ring (bicyclic) bond motifs is 1. The molecule has 0 radical (unpaired) electrons. The first-order chi connectivity index (χ1) is 11.0. The molecule has 0 saturated heterocycles. The number of nitrogens with zero attached hydrogens (tertiary/aromatic N) is 2. The molecule has 7 nitrogen and oxygen atoms in total. The van der Waals surface area contributed by atoms with Crippen LogP contribution in [0.25, 0.3) is 5.76 Å². The maximum Gasteiger partial charge on any atom is 0.278 e. The van der Waals surface area contributed by atoms with Crippen LogP contribution in [0.1, 0.15) is 4.88 Å². The van der Waals surface area contributed by atoms with Crippen molar-refractivity contribution in [1.29, 1.82) is 0 Å². The molecular weight excluding hydrogens is 338 g/mol. The number of anilines is 1. The van der Waals surface area contributed by atoms with Crippen molar-refractivity contribution < 1.29 is 17.9 Å². The molecular formula is C14H13N3O4S2. The predicted molar refractivity (Wildman–Crippen MR) is 86.1 cm³/mol. The van der Waals surface area contributed by atoms with Crippen LogP contribution in [-0.4, -0.2) is 37.8 Å². The molecule has 0 aromatic carbocycles. The van der Waals surface area contributed by atoms with Gasteiger partial charge >= 0.3 is 0 Å². The van der Waals surface area contributed by atoms with E-state index in [9.17, 15) is 13.2 Å². The van der Waals surface area contributed by atoms with Crippen molar-refractivity contribution in [2.75, 3.05) is 19.5 Å². The van der Waals surface area contributed by atoms with E-state index in [4.69, 9.17) is 4.74 Å². The lowest BCUT2D eigenvalue weighted by Gasteiger charge is -2.28. The summed E-state index contributed by atoms with van der Waals surface area (Å²) in [6, 6.07) is 6.54. The second kappa shape index (κ2) is 5.67. The van der Waals surface area contributed by atoms with Crippen molar-refractivity contribution in [3.05, 3.63) is 46.4 Å². The van der Waals surface area contributed by atoms with Crippen LogP contribution >= 0.6 is 11.3 Å². The fourth-order valence-electron chi connectivity index (χ4n) is 2.23. The average Bonchev–Trinajstić information content (AvgIpc) is 3.02. The number of carbonyl (C=O) groups is 1. The normalized spacial score (nSPS) is 16.0. The summed E-state index contributed by atoms with van der Waals surface area (Å²) < 4.78 is 31.3. The Hall–Kier alpha value is -2.39. The molecule has 1 N–H and O–H groups in total. The molecule has 0 bridgehead atoms. The van der Waals surface area contributed by atoms with E-state index in [2.05, 4.69) is 10.3 Å². The zero-order valence-electron chi connectivity index (χ0n) is 12.3. The van der Waals surface area contributed by atoms with Crippen LogP contribution in [0.2, 0.25) is 0 Å². The standard InChI is InChI=1S/C14H13N3O4S2/c1-17-11(14(18)16-10-5-3-4-7-15-10)12(21-2)13-9(6-8-22-13)23(17,19)20/h3-8H,1-2H3,(H,15,16,18). The second-order valence-electron chi connectivity index (χ2n) is 4.64. The third-order valence-corrected chi connectivity index (χ3v) is 6.17. The van der Waals surface area contributed by atoms with Crippen molar-refractivity contribution >= 4 is 38.8 Å². The molecule has 23 heavy (non-hydrogen) atoms. The van der Waals surface area contributed by atoms with Gasteiger partial charge in [-0.1, -0.05) is 6.07 Å². The van der Waals surface area contributed by atoms with Crippen LogP contribution in [0.15, 0.2) is 46.4 Å². The quantitative estimate of drug-likeness (QED) is 0.910. The average molecular weight is 351 g/mol. The highest BCUT2D eigenvalue weighted by Gasteiger charge is 2.39. The summed E-state index contributed by atoms with van der Waals surface area (Å²) in [4.78, 5) is 17.1. The van der Waals surface area contributed by atoms with Crippen molar-refractivity contribution in [2.45, 2.75) is 4.90 Å². The van der Waals surface area contributed by atoms with E-state index in [1.165, 1.54) is 37.8 Å². The molecule has 0 aliphatic carbocycles. The highest BCUT2D eigenvalue weighted by Crippen LogP contribution is 2.39. The minimum Gasteiger partial charge on any atom is -0.493 e.